The van der Waals surface area contributed by atoms with Gasteiger partial charge >= 0.3 is 0 Å². The van der Waals surface area contributed by atoms with Gasteiger partial charge in [0.1, 0.15) is 6.04 Å². The number of carbonyl (C=O) groups is 1. The van der Waals surface area contributed by atoms with E-state index < -0.39 is 6.04 Å². The smallest absolute Gasteiger partial charge is 0.242 e. The van der Waals surface area contributed by atoms with Crippen molar-refractivity contribution >= 4 is 5.91 Å². The molecule has 3 atom stereocenters. The van der Waals surface area contributed by atoms with Gasteiger partial charge in [-0.2, -0.15) is 0 Å². The maximum absolute atomic E-state index is 12.4. The largest absolute Gasteiger partial charge is 0.371 e. The van der Waals surface area contributed by atoms with Crippen LogP contribution >= 0.6 is 0 Å². The lowest BCUT2D eigenvalue weighted by atomic mass is 10.0. The Morgan fingerprint density at radius 1 is 1.39 bits per heavy atom. The van der Waals surface area contributed by atoms with Crippen molar-refractivity contribution in [3.8, 4) is 0 Å². The lowest BCUT2D eigenvalue weighted by Gasteiger charge is -2.37. The van der Waals surface area contributed by atoms with Crippen molar-refractivity contribution in [1.29, 1.82) is 0 Å². The number of amides is 1. The Bertz CT molecular complexity index is 286. The number of likely N-dealkylation sites (tertiary alicyclic amines) is 1. The van der Waals surface area contributed by atoms with Crippen LogP contribution in [0.3, 0.4) is 0 Å². The first-order valence-electron chi connectivity index (χ1n) is 6.96. The van der Waals surface area contributed by atoms with Crippen LogP contribution in [0.1, 0.15) is 53.9 Å². The Kier molecular flexibility index (Phi) is 5.17. The van der Waals surface area contributed by atoms with Crippen molar-refractivity contribution in [3.05, 3.63) is 0 Å². The molecule has 0 aromatic carbocycles. The summed E-state index contributed by atoms with van der Waals surface area (Å²) < 4.78 is 5.77. The highest BCUT2D eigenvalue weighted by Gasteiger charge is 2.32. The molecule has 1 heterocycles. The summed E-state index contributed by atoms with van der Waals surface area (Å²) in [6, 6.07) is -0.260. The zero-order chi connectivity index (χ0) is 13.9. The van der Waals surface area contributed by atoms with E-state index in [1.165, 1.54) is 6.42 Å². The third kappa shape index (κ3) is 4.25. The summed E-state index contributed by atoms with van der Waals surface area (Å²) in [5.74, 6) is 0.0268. The molecule has 4 nitrogen and oxygen atoms in total. The first kappa shape index (κ1) is 15.4. The molecule has 0 spiro atoms. The Morgan fingerprint density at radius 3 is 2.50 bits per heavy atom. The van der Waals surface area contributed by atoms with E-state index in [1.54, 1.807) is 0 Å². The maximum Gasteiger partial charge on any atom is 0.242 e. The van der Waals surface area contributed by atoms with E-state index in [4.69, 9.17) is 10.5 Å². The Balaban J connectivity index is 2.59. The minimum absolute atomic E-state index is 0.0268. The van der Waals surface area contributed by atoms with Gasteiger partial charge in [0.15, 0.2) is 0 Å². The fraction of sp³-hybridized carbons (Fsp3) is 0.929. The van der Waals surface area contributed by atoms with Crippen LogP contribution in [0.5, 0.6) is 0 Å². The van der Waals surface area contributed by atoms with Crippen LogP contribution < -0.4 is 5.73 Å². The van der Waals surface area contributed by atoms with Crippen molar-refractivity contribution in [2.24, 2.45) is 5.73 Å². The van der Waals surface area contributed by atoms with E-state index >= 15 is 0 Å². The van der Waals surface area contributed by atoms with Crippen LogP contribution in [-0.4, -0.2) is 41.1 Å². The van der Waals surface area contributed by atoms with E-state index in [2.05, 4.69) is 6.92 Å². The standard InChI is InChI=1S/C14H28N2O2/c1-10-8-6-7-9-16(10)13(17)12(15)11(2)18-14(3,4)5/h10-12H,6-9,15H2,1-5H3/t10?,11-,12+/m1/s1. The first-order valence-corrected chi connectivity index (χ1v) is 6.96. The molecule has 0 aromatic heterocycles. The molecule has 106 valence electrons. The molecule has 0 bridgehead atoms. The highest BCUT2D eigenvalue weighted by Crippen LogP contribution is 2.19. The van der Waals surface area contributed by atoms with E-state index in [1.807, 2.05) is 32.6 Å². The summed E-state index contributed by atoms with van der Waals surface area (Å²) in [5.41, 5.74) is 5.77. The average molecular weight is 256 g/mol. The second kappa shape index (κ2) is 6.02. The summed E-state index contributed by atoms with van der Waals surface area (Å²) >= 11 is 0. The summed E-state index contributed by atoms with van der Waals surface area (Å²) in [5, 5.41) is 0. The van der Waals surface area contributed by atoms with Gasteiger partial charge in [0.25, 0.3) is 0 Å². The van der Waals surface area contributed by atoms with Gasteiger partial charge in [0.05, 0.1) is 11.7 Å². The fourth-order valence-electron chi connectivity index (χ4n) is 2.45. The van der Waals surface area contributed by atoms with Gasteiger partial charge in [0, 0.05) is 12.6 Å². The molecule has 1 fully saturated rings. The normalized spacial score (nSPS) is 24.8. The molecule has 0 radical (unpaired) electrons. The SMILES string of the molecule is CC1CCCCN1C(=O)[C@@H](N)[C@@H](C)OC(C)(C)C. The quantitative estimate of drug-likeness (QED) is 0.839. The molecule has 1 saturated heterocycles. The zero-order valence-corrected chi connectivity index (χ0v) is 12.4. The predicted molar refractivity (Wildman–Crippen MR) is 73.3 cm³/mol. The topological polar surface area (TPSA) is 55.6 Å². The molecule has 2 N–H and O–H groups in total. The lowest BCUT2D eigenvalue weighted by molar-refractivity contribution is -0.142. The van der Waals surface area contributed by atoms with Gasteiger partial charge in [-0.1, -0.05) is 0 Å². The third-order valence-electron chi connectivity index (χ3n) is 3.42. The van der Waals surface area contributed by atoms with Crippen molar-refractivity contribution in [2.45, 2.75) is 77.7 Å². The highest BCUT2D eigenvalue weighted by molar-refractivity contribution is 5.82. The van der Waals surface area contributed by atoms with Crippen LogP contribution in [0.2, 0.25) is 0 Å². The van der Waals surface area contributed by atoms with Crippen LogP contribution in [-0.2, 0) is 9.53 Å². The van der Waals surface area contributed by atoms with E-state index in [9.17, 15) is 4.79 Å². The summed E-state index contributed by atoms with van der Waals surface area (Å²) in [6.45, 7) is 10.7. The fourth-order valence-corrected chi connectivity index (χ4v) is 2.45. The minimum atomic E-state index is -0.565. The highest BCUT2D eigenvalue weighted by atomic mass is 16.5. The molecule has 1 rings (SSSR count). The van der Waals surface area contributed by atoms with Crippen LogP contribution in [0.25, 0.3) is 0 Å². The minimum Gasteiger partial charge on any atom is -0.371 e. The third-order valence-corrected chi connectivity index (χ3v) is 3.42. The first-order chi connectivity index (χ1) is 8.22. The maximum atomic E-state index is 12.4. The monoisotopic (exact) mass is 256 g/mol. The predicted octanol–water partition coefficient (Wildman–Crippen LogP) is 1.92. The number of carbonyl (C=O) groups excluding carboxylic acids is 1. The van der Waals surface area contributed by atoms with Crippen molar-refractivity contribution < 1.29 is 9.53 Å². The van der Waals surface area contributed by atoms with Gasteiger partial charge in [0.2, 0.25) is 5.91 Å². The van der Waals surface area contributed by atoms with Crippen LogP contribution in [0.15, 0.2) is 0 Å². The molecule has 0 aromatic rings. The Labute approximate surface area is 111 Å². The van der Waals surface area contributed by atoms with E-state index in [0.717, 1.165) is 19.4 Å². The number of nitrogens with zero attached hydrogens (tertiary/aromatic N) is 1. The molecular formula is C14H28N2O2. The summed E-state index contributed by atoms with van der Waals surface area (Å²) in [6.07, 6.45) is 3.10. The Morgan fingerprint density at radius 2 is 2.00 bits per heavy atom. The van der Waals surface area contributed by atoms with Gasteiger partial charge in [-0.05, 0) is 53.9 Å². The molecule has 4 heteroatoms. The number of nitrogens with two attached hydrogens (primary N) is 1. The van der Waals surface area contributed by atoms with Gasteiger partial charge in [-0.25, -0.2) is 0 Å². The van der Waals surface area contributed by atoms with Gasteiger partial charge in [-0.15, -0.1) is 0 Å². The summed E-state index contributed by atoms with van der Waals surface area (Å²) in [4.78, 5) is 14.3. The Hall–Kier alpha value is -0.610. The summed E-state index contributed by atoms with van der Waals surface area (Å²) in [7, 11) is 0. The number of rotatable bonds is 3. The molecular weight excluding hydrogens is 228 g/mol. The molecule has 1 unspecified atom stereocenters. The van der Waals surface area contributed by atoms with Gasteiger partial charge in [-0.3, -0.25) is 4.79 Å². The zero-order valence-electron chi connectivity index (χ0n) is 12.4. The van der Waals surface area contributed by atoms with Crippen molar-refractivity contribution in [1.82, 2.24) is 4.90 Å². The van der Waals surface area contributed by atoms with Crippen molar-refractivity contribution in [3.63, 3.8) is 0 Å². The molecule has 1 aliphatic rings. The number of ether oxygens (including phenoxy) is 1. The van der Waals surface area contributed by atoms with Crippen LogP contribution in [0, 0.1) is 0 Å². The second-order valence-corrected chi connectivity index (χ2v) is 6.34. The molecule has 0 aliphatic carbocycles. The molecule has 1 amide bonds. The molecule has 18 heavy (non-hydrogen) atoms. The second-order valence-electron chi connectivity index (χ2n) is 6.34. The average Bonchev–Trinajstić information content (AvgIpc) is 2.25. The number of piperidine rings is 1. The van der Waals surface area contributed by atoms with Crippen molar-refractivity contribution in [2.75, 3.05) is 6.54 Å². The number of hydrogen-bond acceptors (Lipinski definition) is 3. The number of hydrogen-bond donors (Lipinski definition) is 1. The van der Waals surface area contributed by atoms with Gasteiger partial charge < -0.3 is 15.4 Å². The van der Waals surface area contributed by atoms with E-state index in [0.29, 0.717) is 6.04 Å². The lowest BCUT2D eigenvalue weighted by Crippen LogP contribution is -2.54. The molecule has 1 aliphatic heterocycles. The van der Waals surface area contributed by atoms with E-state index in [-0.39, 0.29) is 17.6 Å². The van der Waals surface area contributed by atoms with Crippen LogP contribution in [0.4, 0.5) is 0 Å². The molecule has 0 saturated carbocycles.